The first-order valence-electron chi connectivity index (χ1n) is 11.6. The standard InChI is InChI=1S/C24H26F4N4O4S2/c1-13(33)5-6-17(32-21(36)18-12-30-22(38-18)14-3-2-4-15(25)11-14)20(35)31-16(7-8-24(26,27)28)19(34)23-29-9-10-37-23/h2-4,9-13,16-17,19,33-34H,5-8H2,1H3,(H,31,35)(H,32,36)/t13?,16-,17-,19?/m0/s1. The van der Waals surface area contributed by atoms with E-state index in [1.807, 2.05) is 0 Å². The Morgan fingerprint density at radius 1 is 1.11 bits per heavy atom. The molecule has 0 fully saturated rings. The van der Waals surface area contributed by atoms with E-state index in [1.165, 1.54) is 37.5 Å². The molecule has 2 heterocycles. The molecule has 2 aromatic heterocycles. The maximum absolute atomic E-state index is 13.5. The van der Waals surface area contributed by atoms with Crippen LogP contribution >= 0.6 is 22.7 Å². The second-order valence-corrected chi connectivity index (χ2v) is 10.5. The SMILES string of the molecule is CC(O)CC[C@H](NC(=O)c1cnc(-c2cccc(F)c2)s1)C(=O)N[C@@H](CCC(F)(F)F)C(O)c1nccs1. The molecule has 8 nitrogen and oxygen atoms in total. The normalized spacial score (nSPS) is 14.9. The minimum Gasteiger partial charge on any atom is -0.393 e. The number of carbonyl (C=O) groups excluding carboxylic acids is 2. The minimum absolute atomic E-state index is 0.0237. The zero-order valence-corrected chi connectivity index (χ0v) is 21.7. The molecule has 0 aliphatic heterocycles. The first kappa shape index (κ1) is 29.6. The molecule has 0 saturated carbocycles. The monoisotopic (exact) mass is 574 g/mol. The van der Waals surface area contributed by atoms with Crippen LogP contribution in [0.4, 0.5) is 17.6 Å². The average molecular weight is 575 g/mol. The van der Waals surface area contributed by atoms with E-state index in [0.29, 0.717) is 10.6 Å². The number of thiazole rings is 2. The Morgan fingerprint density at radius 2 is 1.87 bits per heavy atom. The number of benzene rings is 1. The van der Waals surface area contributed by atoms with E-state index in [4.69, 9.17) is 0 Å². The lowest BCUT2D eigenvalue weighted by Gasteiger charge is -2.26. The predicted octanol–water partition coefficient (Wildman–Crippen LogP) is 4.23. The summed E-state index contributed by atoms with van der Waals surface area (Å²) in [5.41, 5.74) is 0.459. The molecule has 4 N–H and O–H groups in total. The Balaban J connectivity index is 1.76. The van der Waals surface area contributed by atoms with Crippen molar-refractivity contribution < 1.29 is 37.4 Å². The van der Waals surface area contributed by atoms with Gasteiger partial charge in [-0.2, -0.15) is 13.2 Å². The van der Waals surface area contributed by atoms with Crippen molar-refractivity contribution in [1.82, 2.24) is 20.6 Å². The summed E-state index contributed by atoms with van der Waals surface area (Å²) < 4.78 is 52.3. The molecule has 3 aromatic rings. The number of nitrogens with zero attached hydrogens (tertiary/aromatic N) is 2. The van der Waals surface area contributed by atoms with Gasteiger partial charge in [0.2, 0.25) is 5.91 Å². The second-order valence-electron chi connectivity index (χ2n) is 8.58. The van der Waals surface area contributed by atoms with E-state index >= 15 is 0 Å². The number of aliphatic hydroxyl groups excluding tert-OH is 2. The molecule has 38 heavy (non-hydrogen) atoms. The Kier molecular flexibility index (Phi) is 10.3. The summed E-state index contributed by atoms with van der Waals surface area (Å²) in [7, 11) is 0. The zero-order valence-electron chi connectivity index (χ0n) is 20.1. The Hall–Kier alpha value is -2.94. The van der Waals surface area contributed by atoms with Gasteiger partial charge in [-0.25, -0.2) is 14.4 Å². The highest BCUT2D eigenvalue weighted by atomic mass is 32.1. The number of hydrogen-bond donors (Lipinski definition) is 4. The number of aromatic nitrogens is 2. The third-order valence-corrected chi connectivity index (χ3v) is 7.34. The van der Waals surface area contributed by atoms with E-state index in [1.54, 1.807) is 11.4 Å². The van der Waals surface area contributed by atoms with Crippen molar-refractivity contribution in [3.05, 3.63) is 57.7 Å². The van der Waals surface area contributed by atoms with E-state index in [0.717, 1.165) is 22.7 Å². The van der Waals surface area contributed by atoms with Crippen LogP contribution in [0.15, 0.2) is 42.0 Å². The van der Waals surface area contributed by atoms with Gasteiger partial charge in [-0.15, -0.1) is 22.7 Å². The fourth-order valence-electron chi connectivity index (χ4n) is 3.50. The highest BCUT2D eigenvalue weighted by molar-refractivity contribution is 7.16. The summed E-state index contributed by atoms with van der Waals surface area (Å²) in [5.74, 6) is -1.97. The molecule has 2 amide bonds. The Labute approximate surface area is 223 Å². The van der Waals surface area contributed by atoms with Crippen molar-refractivity contribution in [3.8, 4) is 10.6 Å². The van der Waals surface area contributed by atoms with Crippen LogP contribution in [0.25, 0.3) is 10.6 Å². The van der Waals surface area contributed by atoms with Gasteiger partial charge in [0.15, 0.2) is 0 Å². The van der Waals surface area contributed by atoms with Crippen molar-refractivity contribution in [1.29, 1.82) is 0 Å². The summed E-state index contributed by atoms with van der Waals surface area (Å²) in [5, 5.41) is 27.3. The fourth-order valence-corrected chi connectivity index (χ4v) is 5.01. The lowest BCUT2D eigenvalue weighted by molar-refractivity contribution is -0.140. The Morgan fingerprint density at radius 3 is 2.50 bits per heavy atom. The van der Waals surface area contributed by atoms with Gasteiger partial charge in [0.05, 0.1) is 18.3 Å². The molecule has 0 aliphatic carbocycles. The topological polar surface area (TPSA) is 124 Å². The summed E-state index contributed by atoms with van der Waals surface area (Å²) in [6, 6.07) is 3.09. The van der Waals surface area contributed by atoms with Gasteiger partial charge in [0.1, 0.15) is 32.9 Å². The number of hydrogen-bond acceptors (Lipinski definition) is 8. The van der Waals surface area contributed by atoms with E-state index in [9.17, 15) is 37.4 Å². The number of amides is 2. The van der Waals surface area contributed by atoms with Gasteiger partial charge in [0.25, 0.3) is 5.91 Å². The number of halogens is 4. The largest absolute Gasteiger partial charge is 0.393 e. The molecule has 206 valence electrons. The minimum atomic E-state index is -4.52. The van der Waals surface area contributed by atoms with E-state index < -0.39 is 60.9 Å². The number of aliphatic hydroxyl groups is 2. The van der Waals surface area contributed by atoms with E-state index in [2.05, 4.69) is 20.6 Å². The van der Waals surface area contributed by atoms with Gasteiger partial charge < -0.3 is 20.8 Å². The number of rotatable bonds is 12. The number of alkyl halides is 3. The highest BCUT2D eigenvalue weighted by Gasteiger charge is 2.34. The van der Waals surface area contributed by atoms with Crippen LogP contribution in [-0.4, -0.2) is 56.4 Å². The quantitative estimate of drug-likeness (QED) is 0.240. The molecular weight excluding hydrogens is 548 g/mol. The number of nitrogens with one attached hydrogen (secondary N) is 2. The molecule has 14 heteroatoms. The lowest BCUT2D eigenvalue weighted by Crippen LogP contribution is -2.51. The fraction of sp³-hybridized carbons (Fsp3) is 0.417. The van der Waals surface area contributed by atoms with Crippen molar-refractivity contribution in [2.24, 2.45) is 0 Å². The maximum atomic E-state index is 13.5. The molecule has 0 aliphatic rings. The smallest absolute Gasteiger partial charge is 0.389 e. The number of carbonyl (C=O) groups is 2. The van der Waals surface area contributed by atoms with Gasteiger partial charge in [-0.3, -0.25) is 9.59 Å². The van der Waals surface area contributed by atoms with Gasteiger partial charge in [-0.1, -0.05) is 12.1 Å². The molecular formula is C24H26F4N4O4S2. The van der Waals surface area contributed by atoms with Crippen molar-refractivity contribution in [3.63, 3.8) is 0 Å². The van der Waals surface area contributed by atoms with Gasteiger partial charge >= 0.3 is 6.18 Å². The molecule has 0 bridgehead atoms. The van der Waals surface area contributed by atoms with Crippen LogP contribution in [0.3, 0.4) is 0 Å². The van der Waals surface area contributed by atoms with Crippen LogP contribution in [0, 0.1) is 5.82 Å². The van der Waals surface area contributed by atoms with Crippen LogP contribution in [0.5, 0.6) is 0 Å². The highest BCUT2D eigenvalue weighted by Crippen LogP contribution is 2.28. The van der Waals surface area contributed by atoms with Gasteiger partial charge in [-0.05, 0) is 38.3 Å². The molecule has 0 radical (unpaired) electrons. The molecule has 2 unspecified atom stereocenters. The van der Waals surface area contributed by atoms with Crippen molar-refractivity contribution >= 4 is 34.5 Å². The second kappa shape index (κ2) is 13.2. The van der Waals surface area contributed by atoms with Crippen LogP contribution in [0.2, 0.25) is 0 Å². The Bertz CT molecular complexity index is 1200. The molecule has 0 saturated heterocycles. The average Bonchev–Trinajstić information content (AvgIpc) is 3.56. The summed E-state index contributed by atoms with van der Waals surface area (Å²) >= 11 is 1.99. The van der Waals surface area contributed by atoms with Crippen LogP contribution in [0.1, 0.15) is 53.4 Å². The summed E-state index contributed by atoms with van der Waals surface area (Å²) in [6.45, 7) is 1.49. The summed E-state index contributed by atoms with van der Waals surface area (Å²) in [6.07, 6.45) is -5.96. The van der Waals surface area contributed by atoms with Gasteiger partial charge in [0, 0.05) is 23.6 Å². The first-order chi connectivity index (χ1) is 17.9. The first-order valence-corrected chi connectivity index (χ1v) is 13.3. The predicted molar refractivity (Wildman–Crippen MR) is 134 cm³/mol. The lowest BCUT2D eigenvalue weighted by atomic mass is 10.0. The van der Waals surface area contributed by atoms with E-state index in [-0.39, 0.29) is 22.7 Å². The molecule has 0 spiro atoms. The third-order valence-electron chi connectivity index (χ3n) is 5.45. The molecule has 1 aromatic carbocycles. The zero-order chi connectivity index (χ0) is 27.9. The third kappa shape index (κ3) is 8.82. The van der Waals surface area contributed by atoms with Crippen molar-refractivity contribution in [2.75, 3.05) is 0 Å². The molecule has 3 rings (SSSR count). The maximum Gasteiger partial charge on any atom is 0.389 e. The molecule has 4 atom stereocenters. The van der Waals surface area contributed by atoms with Crippen molar-refractivity contribution in [2.45, 2.75) is 63.1 Å². The van der Waals surface area contributed by atoms with Crippen LogP contribution in [-0.2, 0) is 4.79 Å². The summed E-state index contributed by atoms with van der Waals surface area (Å²) in [4.78, 5) is 34.2. The van der Waals surface area contributed by atoms with Crippen LogP contribution < -0.4 is 10.6 Å².